The molecule has 3 heteroatoms. The van der Waals surface area contributed by atoms with Crippen molar-refractivity contribution in [2.75, 3.05) is 5.01 Å². The van der Waals surface area contributed by atoms with Gasteiger partial charge in [-0.2, -0.15) is 5.10 Å². The Balaban J connectivity index is 1.91. The molecule has 1 fully saturated rings. The smallest absolute Gasteiger partial charge is 0.253 e. The van der Waals surface area contributed by atoms with Crippen LogP contribution in [-0.2, 0) is 4.79 Å². The quantitative estimate of drug-likeness (QED) is 0.744. The number of aryl methyl sites for hydroxylation is 1. The molecule has 1 amide bonds. The van der Waals surface area contributed by atoms with E-state index in [1.165, 1.54) is 12.8 Å². The number of hydrogen-bond acceptors (Lipinski definition) is 2. The van der Waals surface area contributed by atoms with E-state index in [9.17, 15) is 4.79 Å². The van der Waals surface area contributed by atoms with Crippen LogP contribution in [0.1, 0.15) is 24.8 Å². The Bertz CT molecular complexity index is 475. The van der Waals surface area contributed by atoms with Gasteiger partial charge in [-0.1, -0.05) is 12.1 Å². The maximum atomic E-state index is 11.8. The summed E-state index contributed by atoms with van der Waals surface area (Å²) in [5.74, 6) is 0.686. The van der Waals surface area contributed by atoms with Crippen LogP contribution in [0.4, 0.5) is 5.69 Å². The van der Waals surface area contributed by atoms with Gasteiger partial charge in [0.15, 0.2) is 0 Å². The van der Waals surface area contributed by atoms with Gasteiger partial charge in [0.05, 0.1) is 17.8 Å². The van der Waals surface area contributed by atoms with Gasteiger partial charge in [0.25, 0.3) is 5.91 Å². The highest BCUT2D eigenvalue weighted by molar-refractivity contribution is 6.14. The fourth-order valence-corrected chi connectivity index (χ4v) is 2.05. The predicted octanol–water partition coefficient (Wildman–Crippen LogP) is 2.50. The first kappa shape index (κ1) is 9.58. The molecule has 3 nitrogen and oxygen atoms in total. The number of rotatable bonds is 2. The van der Waals surface area contributed by atoms with Crippen molar-refractivity contribution in [1.29, 1.82) is 0 Å². The summed E-state index contributed by atoms with van der Waals surface area (Å²) >= 11 is 0. The Morgan fingerprint density at radius 3 is 2.88 bits per heavy atom. The molecule has 1 aliphatic heterocycles. The molecule has 1 saturated carbocycles. The second kappa shape index (κ2) is 3.44. The van der Waals surface area contributed by atoms with Crippen LogP contribution in [0.3, 0.4) is 0 Å². The van der Waals surface area contributed by atoms with Crippen LogP contribution in [-0.4, -0.2) is 11.6 Å². The number of anilines is 1. The summed E-state index contributed by atoms with van der Waals surface area (Å²) in [5.41, 5.74) is 3.12. The maximum absolute atomic E-state index is 11.8. The van der Waals surface area contributed by atoms with E-state index in [1.807, 2.05) is 31.2 Å². The average Bonchev–Trinajstić information content (AvgIpc) is 3.02. The number of carbonyl (C=O) groups is 1. The molecular formula is C13H14N2O. The molecule has 16 heavy (non-hydrogen) atoms. The van der Waals surface area contributed by atoms with E-state index in [2.05, 4.69) is 5.10 Å². The molecular weight excluding hydrogens is 200 g/mol. The van der Waals surface area contributed by atoms with E-state index in [0.29, 0.717) is 12.3 Å². The molecule has 0 unspecified atom stereocenters. The summed E-state index contributed by atoms with van der Waals surface area (Å²) in [4.78, 5) is 11.8. The molecule has 0 radical (unpaired) electrons. The highest BCUT2D eigenvalue weighted by atomic mass is 16.2. The molecule has 0 N–H and O–H groups in total. The summed E-state index contributed by atoms with van der Waals surface area (Å²) in [6.07, 6.45) is 2.92. The van der Waals surface area contributed by atoms with Crippen LogP contribution >= 0.6 is 0 Å². The van der Waals surface area contributed by atoms with Crippen molar-refractivity contribution in [3.63, 3.8) is 0 Å². The van der Waals surface area contributed by atoms with E-state index in [1.54, 1.807) is 5.01 Å². The van der Waals surface area contributed by atoms with Crippen molar-refractivity contribution in [2.24, 2.45) is 11.0 Å². The molecule has 0 saturated heterocycles. The third kappa shape index (κ3) is 1.62. The topological polar surface area (TPSA) is 32.7 Å². The van der Waals surface area contributed by atoms with Crippen molar-refractivity contribution in [3.05, 3.63) is 29.8 Å². The van der Waals surface area contributed by atoms with Gasteiger partial charge in [-0.25, -0.2) is 5.01 Å². The van der Waals surface area contributed by atoms with Crippen molar-refractivity contribution in [3.8, 4) is 0 Å². The molecule has 0 atom stereocenters. The van der Waals surface area contributed by atoms with E-state index < -0.39 is 0 Å². The summed E-state index contributed by atoms with van der Waals surface area (Å²) < 4.78 is 0. The molecule has 2 aliphatic rings. The zero-order valence-electron chi connectivity index (χ0n) is 9.31. The van der Waals surface area contributed by atoms with E-state index >= 15 is 0 Å². The Hall–Kier alpha value is -1.64. The summed E-state index contributed by atoms with van der Waals surface area (Å²) in [7, 11) is 0. The fraction of sp³-hybridized carbons (Fsp3) is 0.385. The predicted molar refractivity (Wildman–Crippen MR) is 63.4 cm³/mol. The Morgan fingerprint density at radius 2 is 2.19 bits per heavy atom. The van der Waals surface area contributed by atoms with Crippen molar-refractivity contribution in [1.82, 2.24) is 0 Å². The molecule has 1 aromatic rings. The van der Waals surface area contributed by atoms with Crippen molar-refractivity contribution >= 4 is 17.3 Å². The lowest BCUT2D eigenvalue weighted by molar-refractivity contribution is -0.116. The minimum Gasteiger partial charge on any atom is -0.272 e. The molecule has 1 aromatic carbocycles. The maximum Gasteiger partial charge on any atom is 0.253 e. The summed E-state index contributed by atoms with van der Waals surface area (Å²) in [6, 6.07) is 7.92. The molecule has 82 valence electrons. The average molecular weight is 214 g/mol. The summed E-state index contributed by atoms with van der Waals surface area (Å²) in [6.45, 7) is 2.02. The Morgan fingerprint density at radius 1 is 1.38 bits per heavy atom. The van der Waals surface area contributed by atoms with Crippen LogP contribution in [0, 0.1) is 12.8 Å². The lowest BCUT2D eigenvalue weighted by Gasteiger charge is -2.11. The normalized spacial score (nSPS) is 20.2. The van der Waals surface area contributed by atoms with Crippen LogP contribution < -0.4 is 5.01 Å². The fourth-order valence-electron chi connectivity index (χ4n) is 2.05. The number of benzene rings is 1. The monoisotopic (exact) mass is 214 g/mol. The van der Waals surface area contributed by atoms with Crippen molar-refractivity contribution < 1.29 is 4.79 Å². The number of hydrazone groups is 1. The lowest BCUT2D eigenvalue weighted by atomic mass is 10.2. The minimum atomic E-state index is 0.104. The molecule has 1 aliphatic carbocycles. The summed E-state index contributed by atoms with van der Waals surface area (Å²) in [5, 5.41) is 6.00. The van der Waals surface area contributed by atoms with Crippen LogP contribution in [0.5, 0.6) is 0 Å². The first-order valence-electron chi connectivity index (χ1n) is 5.71. The third-order valence-corrected chi connectivity index (χ3v) is 3.09. The van der Waals surface area contributed by atoms with E-state index in [-0.39, 0.29) is 5.91 Å². The van der Waals surface area contributed by atoms with Crippen LogP contribution in [0.15, 0.2) is 29.4 Å². The zero-order chi connectivity index (χ0) is 11.1. The number of amides is 1. The van der Waals surface area contributed by atoms with Gasteiger partial charge in [0.2, 0.25) is 0 Å². The molecule has 0 bridgehead atoms. The first-order chi connectivity index (χ1) is 7.74. The SMILES string of the molecule is Cc1cccc(N2N=C(C3CC3)CC2=O)c1. The standard InChI is InChI=1S/C13H14N2O/c1-9-3-2-4-11(7-9)15-13(16)8-12(14-15)10-5-6-10/h2-4,7,10H,5-6,8H2,1H3. The van der Waals surface area contributed by atoms with Gasteiger partial charge in [-0.05, 0) is 43.4 Å². The first-order valence-corrected chi connectivity index (χ1v) is 5.71. The van der Waals surface area contributed by atoms with Gasteiger partial charge in [-0.3, -0.25) is 4.79 Å². The van der Waals surface area contributed by atoms with Gasteiger partial charge < -0.3 is 0 Å². The van der Waals surface area contributed by atoms with Gasteiger partial charge in [0, 0.05) is 0 Å². The lowest BCUT2D eigenvalue weighted by Crippen LogP contribution is -2.19. The molecule has 1 heterocycles. The molecule has 0 aromatic heterocycles. The van der Waals surface area contributed by atoms with Crippen molar-refractivity contribution in [2.45, 2.75) is 26.2 Å². The van der Waals surface area contributed by atoms with Gasteiger partial charge in [-0.15, -0.1) is 0 Å². The largest absolute Gasteiger partial charge is 0.272 e. The van der Waals surface area contributed by atoms with E-state index in [4.69, 9.17) is 0 Å². The number of carbonyl (C=O) groups excluding carboxylic acids is 1. The molecule has 3 rings (SSSR count). The second-order valence-electron chi connectivity index (χ2n) is 4.59. The Kier molecular flexibility index (Phi) is 2.06. The Labute approximate surface area is 94.8 Å². The highest BCUT2D eigenvalue weighted by Gasteiger charge is 2.35. The molecule has 0 spiro atoms. The minimum absolute atomic E-state index is 0.104. The van der Waals surface area contributed by atoms with E-state index in [0.717, 1.165) is 17.0 Å². The van der Waals surface area contributed by atoms with Gasteiger partial charge >= 0.3 is 0 Å². The third-order valence-electron chi connectivity index (χ3n) is 3.09. The zero-order valence-corrected chi connectivity index (χ0v) is 9.31. The highest BCUT2D eigenvalue weighted by Crippen LogP contribution is 2.35. The second-order valence-corrected chi connectivity index (χ2v) is 4.59. The van der Waals surface area contributed by atoms with Crippen LogP contribution in [0.25, 0.3) is 0 Å². The van der Waals surface area contributed by atoms with Gasteiger partial charge in [0.1, 0.15) is 0 Å². The van der Waals surface area contributed by atoms with Crippen LogP contribution in [0.2, 0.25) is 0 Å². The number of hydrogen-bond donors (Lipinski definition) is 0. The number of nitrogens with zero attached hydrogens (tertiary/aromatic N) is 2.